The Labute approximate surface area is 140 Å². The Morgan fingerprint density at radius 2 is 2.04 bits per heavy atom. The molecule has 6 heteroatoms. The molecule has 24 heavy (non-hydrogen) atoms. The minimum absolute atomic E-state index is 0.0257. The average molecular weight is 326 g/mol. The van der Waals surface area contributed by atoms with Crippen LogP contribution >= 0.6 is 0 Å². The van der Waals surface area contributed by atoms with Gasteiger partial charge >= 0.3 is 0 Å². The minimum atomic E-state index is -0.119. The molecule has 6 nitrogen and oxygen atoms in total. The largest absolute Gasteiger partial charge is 0.492 e. The standard InChI is InChI=1S/C18H18N2O4/c1-13-2-5-15(6-3-13)23-9-8-20-16-7-4-14(19-12-21)10-17(16)24-11-18(20)22/h2-7,10,12H,8-9,11H2,1H3,(H,19,21). The van der Waals surface area contributed by atoms with Gasteiger partial charge in [-0.3, -0.25) is 9.59 Å². The Morgan fingerprint density at radius 3 is 2.79 bits per heavy atom. The van der Waals surface area contributed by atoms with Crippen LogP contribution in [0.4, 0.5) is 11.4 Å². The van der Waals surface area contributed by atoms with Crippen LogP contribution in [-0.2, 0) is 9.59 Å². The molecule has 1 N–H and O–H groups in total. The summed E-state index contributed by atoms with van der Waals surface area (Å²) in [6, 6.07) is 12.9. The van der Waals surface area contributed by atoms with Crippen molar-refractivity contribution >= 4 is 23.7 Å². The monoisotopic (exact) mass is 326 g/mol. The summed E-state index contributed by atoms with van der Waals surface area (Å²) in [4.78, 5) is 24.3. The summed E-state index contributed by atoms with van der Waals surface area (Å²) in [6.45, 7) is 2.79. The van der Waals surface area contributed by atoms with Crippen molar-refractivity contribution in [3.05, 3.63) is 48.0 Å². The summed E-state index contributed by atoms with van der Waals surface area (Å²) in [5, 5.41) is 2.56. The molecule has 1 aliphatic rings. The highest BCUT2D eigenvalue weighted by molar-refractivity contribution is 5.98. The molecule has 2 amide bonds. The molecule has 0 saturated carbocycles. The molecule has 1 heterocycles. The lowest BCUT2D eigenvalue weighted by atomic mass is 10.2. The highest BCUT2D eigenvalue weighted by Crippen LogP contribution is 2.34. The van der Waals surface area contributed by atoms with Gasteiger partial charge in [-0.25, -0.2) is 0 Å². The molecule has 0 bridgehead atoms. The first-order valence-corrected chi connectivity index (χ1v) is 7.64. The molecule has 0 spiro atoms. The van der Waals surface area contributed by atoms with E-state index in [0.29, 0.717) is 36.7 Å². The van der Waals surface area contributed by atoms with Crippen LogP contribution in [0.2, 0.25) is 0 Å². The topological polar surface area (TPSA) is 67.9 Å². The van der Waals surface area contributed by atoms with Crippen molar-refractivity contribution in [1.29, 1.82) is 0 Å². The zero-order chi connectivity index (χ0) is 16.9. The van der Waals surface area contributed by atoms with Crippen LogP contribution in [0.1, 0.15) is 5.56 Å². The van der Waals surface area contributed by atoms with Crippen LogP contribution < -0.4 is 19.7 Å². The third-order valence-electron chi connectivity index (χ3n) is 3.73. The van der Waals surface area contributed by atoms with E-state index < -0.39 is 0 Å². The lowest BCUT2D eigenvalue weighted by molar-refractivity contribution is -0.121. The van der Waals surface area contributed by atoms with E-state index in [9.17, 15) is 9.59 Å². The van der Waals surface area contributed by atoms with E-state index in [1.165, 1.54) is 5.56 Å². The van der Waals surface area contributed by atoms with Crippen LogP contribution in [0.15, 0.2) is 42.5 Å². The van der Waals surface area contributed by atoms with Crippen molar-refractivity contribution in [1.82, 2.24) is 0 Å². The number of rotatable bonds is 6. The summed E-state index contributed by atoms with van der Waals surface area (Å²) in [5.74, 6) is 1.22. The van der Waals surface area contributed by atoms with Crippen LogP contribution in [0.3, 0.4) is 0 Å². The summed E-state index contributed by atoms with van der Waals surface area (Å²) >= 11 is 0. The number of carbonyl (C=O) groups is 2. The van der Waals surface area contributed by atoms with Crippen LogP contribution in [0.5, 0.6) is 11.5 Å². The van der Waals surface area contributed by atoms with Gasteiger partial charge in [-0.05, 0) is 31.2 Å². The smallest absolute Gasteiger partial charge is 0.265 e. The van der Waals surface area contributed by atoms with Gasteiger partial charge in [-0.15, -0.1) is 0 Å². The Balaban J connectivity index is 1.68. The summed E-state index contributed by atoms with van der Waals surface area (Å²) in [7, 11) is 0. The Kier molecular flexibility index (Phi) is 4.65. The lowest BCUT2D eigenvalue weighted by Gasteiger charge is -2.29. The van der Waals surface area contributed by atoms with Gasteiger partial charge < -0.3 is 19.7 Å². The maximum Gasteiger partial charge on any atom is 0.265 e. The number of anilines is 2. The van der Waals surface area contributed by atoms with Crippen molar-refractivity contribution in [2.24, 2.45) is 0 Å². The average Bonchev–Trinajstić information content (AvgIpc) is 2.59. The zero-order valence-electron chi connectivity index (χ0n) is 13.3. The van der Waals surface area contributed by atoms with Crippen LogP contribution in [-0.4, -0.2) is 32.1 Å². The number of ether oxygens (including phenoxy) is 2. The maximum absolute atomic E-state index is 12.1. The van der Waals surface area contributed by atoms with E-state index in [1.54, 1.807) is 23.1 Å². The van der Waals surface area contributed by atoms with E-state index in [4.69, 9.17) is 9.47 Å². The molecule has 2 aromatic rings. The van der Waals surface area contributed by atoms with E-state index in [1.807, 2.05) is 31.2 Å². The predicted molar refractivity (Wildman–Crippen MR) is 90.7 cm³/mol. The molecular weight excluding hydrogens is 308 g/mol. The lowest BCUT2D eigenvalue weighted by Crippen LogP contribution is -2.41. The molecule has 0 aromatic heterocycles. The van der Waals surface area contributed by atoms with E-state index >= 15 is 0 Å². The van der Waals surface area contributed by atoms with Gasteiger partial charge in [0.15, 0.2) is 6.61 Å². The SMILES string of the molecule is Cc1ccc(OCCN2C(=O)COc3cc(NC=O)ccc32)cc1. The third kappa shape index (κ3) is 3.48. The van der Waals surface area contributed by atoms with Crippen molar-refractivity contribution in [3.63, 3.8) is 0 Å². The first-order chi connectivity index (χ1) is 11.7. The van der Waals surface area contributed by atoms with E-state index in [0.717, 1.165) is 5.75 Å². The molecule has 0 atom stereocenters. The van der Waals surface area contributed by atoms with Gasteiger partial charge in [0.2, 0.25) is 6.41 Å². The minimum Gasteiger partial charge on any atom is -0.492 e. The van der Waals surface area contributed by atoms with Crippen molar-refractivity contribution < 1.29 is 19.1 Å². The highest BCUT2D eigenvalue weighted by Gasteiger charge is 2.25. The van der Waals surface area contributed by atoms with Gasteiger partial charge in [-0.2, -0.15) is 0 Å². The summed E-state index contributed by atoms with van der Waals surface area (Å²) in [6.07, 6.45) is 0.600. The van der Waals surface area contributed by atoms with Gasteiger partial charge in [0, 0.05) is 11.8 Å². The van der Waals surface area contributed by atoms with Crippen LogP contribution in [0, 0.1) is 6.92 Å². The second-order valence-electron chi connectivity index (χ2n) is 5.44. The number of fused-ring (bicyclic) bond motifs is 1. The number of hydrogen-bond acceptors (Lipinski definition) is 4. The third-order valence-corrected chi connectivity index (χ3v) is 3.73. The van der Waals surface area contributed by atoms with E-state index in [2.05, 4.69) is 5.32 Å². The van der Waals surface area contributed by atoms with E-state index in [-0.39, 0.29) is 12.5 Å². The fourth-order valence-corrected chi connectivity index (χ4v) is 2.50. The van der Waals surface area contributed by atoms with Crippen molar-refractivity contribution in [2.75, 3.05) is 30.0 Å². The predicted octanol–water partition coefficient (Wildman–Crippen LogP) is 2.37. The maximum atomic E-state index is 12.1. The number of benzene rings is 2. The zero-order valence-corrected chi connectivity index (χ0v) is 13.3. The fraction of sp³-hybridized carbons (Fsp3) is 0.222. The van der Waals surface area contributed by atoms with Crippen LogP contribution in [0.25, 0.3) is 0 Å². The van der Waals surface area contributed by atoms with Gasteiger partial charge in [0.1, 0.15) is 18.1 Å². The Hall–Kier alpha value is -3.02. The van der Waals surface area contributed by atoms with Gasteiger partial charge in [0.05, 0.1) is 12.2 Å². The molecule has 0 fully saturated rings. The number of carbonyl (C=O) groups excluding carboxylic acids is 2. The first-order valence-electron chi connectivity index (χ1n) is 7.64. The number of hydrogen-bond donors (Lipinski definition) is 1. The summed E-state index contributed by atoms with van der Waals surface area (Å²) in [5.41, 5.74) is 2.46. The normalized spacial score (nSPS) is 13.0. The Morgan fingerprint density at radius 1 is 1.25 bits per heavy atom. The quantitative estimate of drug-likeness (QED) is 0.828. The number of aryl methyl sites for hydroxylation is 1. The molecule has 0 saturated heterocycles. The first kappa shape index (κ1) is 15.9. The molecule has 124 valence electrons. The number of nitrogens with zero attached hydrogens (tertiary/aromatic N) is 1. The molecular formula is C18H18N2O4. The molecule has 3 rings (SSSR count). The fourth-order valence-electron chi connectivity index (χ4n) is 2.50. The second kappa shape index (κ2) is 7.04. The summed E-state index contributed by atoms with van der Waals surface area (Å²) < 4.78 is 11.1. The molecule has 0 aliphatic carbocycles. The molecule has 0 unspecified atom stereocenters. The van der Waals surface area contributed by atoms with Crippen molar-refractivity contribution in [3.8, 4) is 11.5 Å². The van der Waals surface area contributed by atoms with Gasteiger partial charge in [0.25, 0.3) is 5.91 Å². The molecule has 1 aliphatic heterocycles. The number of amides is 2. The molecule has 0 radical (unpaired) electrons. The highest BCUT2D eigenvalue weighted by atomic mass is 16.5. The van der Waals surface area contributed by atoms with Crippen molar-refractivity contribution in [2.45, 2.75) is 6.92 Å². The Bertz CT molecular complexity index is 743. The molecule has 2 aromatic carbocycles. The van der Waals surface area contributed by atoms with Gasteiger partial charge in [-0.1, -0.05) is 17.7 Å². The number of nitrogens with one attached hydrogen (secondary N) is 1. The second-order valence-corrected chi connectivity index (χ2v) is 5.44.